The summed E-state index contributed by atoms with van der Waals surface area (Å²) in [6.45, 7) is 5.17. The highest BCUT2D eigenvalue weighted by molar-refractivity contribution is 5.37. The van der Waals surface area contributed by atoms with E-state index in [0.29, 0.717) is 0 Å². The monoisotopic (exact) mass is 394 g/mol. The molecule has 1 nitrogen and oxygen atoms in total. The van der Waals surface area contributed by atoms with Gasteiger partial charge in [0.1, 0.15) is 5.75 Å². The minimum absolute atomic E-state index is 0.836. The zero-order chi connectivity index (χ0) is 20.1. The number of hydrogen-bond donors (Lipinski definition) is 0. The summed E-state index contributed by atoms with van der Waals surface area (Å²) >= 11 is 0. The lowest BCUT2D eigenvalue weighted by Gasteiger charge is -2.47. The smallest absolute Gasteiger partial charge is 0.119 e. The van der Waals surface area contributed by atoms with Gasteiger partial charge in [-0.05, 0) is 118 Å². The first-order valence-electron chi connectivity index (χ1n) is 12.6. The van der Waals surface area contributed by atoms with Crippen molar-refractivity contribution < 1.29 is 4.74 Å². The molecule has 1 heteroatoms. The first kappa shape index (κ1) is 21.0. The molecule has 0 saturated heterocycles. The maximum absolute atomic E-state index is 5.88. The van der Waals surface area contributed by atoms with E-state index >= 15 is 0 Å². The van der Waals surface area contributed by atoms with Crippen LogP contribution in [-0.2, 0) is 12.8 Å². The lowest BCUT2D eigenvalue weighted by Crippen LogP contribution is -2.39. The maximum atomic E-state index is 5.88. The van der Waals surface area contributed by atoms with Gasteiger partial charge >= 0.3 is 0 Å². The number of rotatable bonds is 7. The Morgan fingerprint density at radius 2 is 1.90 bits per heavy atom. The van der Waals surface area contributed by atoms with Crippen LogP contribution in [0.15, 0.2) is 30.4 Å². The highest BCUT2D eigenvalue weighted by atomic mass is 16.5. The average Bonchev–Trinajstić information content (AvgIpc) is 2.77. The molecule has 5 unspecified atom stereocenters. The molecule has 0 heterocycles. The first-order valence-corrected chi connectivity index (χ1v) is 12.6. The van der Waals surface area contributed by atoms with Gasteiger partial charge in [-0.15, -0.1) is 0 Å². The molecule has 0 radical (unpaired) electrons. The second-order valence-electron chi connectivity index (χ2n) is 10.1. The Balaban J connectivity index is 1.37. The highest BCUT2D eigenvalue weighted by Gasteiger charge is 2.41. The Morgan fingerprint density at radius 1 is 1.00 bits per heavy atom. The van der Waals surface area contributed by atoms with Crippen molar-refractivity contribution >= 4 is 0 Å². The number of benzene rings is 1. The van der Waals surface area contributed by atoms with E-state index in [1.807, 2.05) is 0 Å². The van der Waals surface area contributed by atoms with Gasteiger partial charge in [0.05, 0.1) is 6.61 Å². The number of aryl methyl sites for hydroxylation is 1. The van der Waals surface area contributed by atoms with Gasteiger partial charge in [-0.25, -0.2) is 0 Å². The van der Waals surface area contributed by atoms with Gasteiger partial charge in [-0.3, -0.25) is 0 Å². The van der Waals surface area contributed by atoms with E-state index in [9.17, 15) is 0 Å². The van der Waals surface area contributed by atoms with E-state index < -0.39 is 0 Å². The van der Waals surface area contributed by atoms with Gasteiger partial charge in [0.15, 0.2) is 0 Å². The fraction of sp³-hybridized carbons (Fsp3) is 0.714. The number of allylic oxidation sites excluding steroid dienone is 2. The molecule has 2 saturated carbocycles. The summed E-state index contributed by atoms with van der Waals surface area (Å²) < 4.78 is 5.88. The normalized spacial score (nSPS) is 32.0. The van der Waals surface area contributed by atoms with Crippen molar-refractivity contribution in [3.05, 3.63) is 41.5 Å². The summed E-state index contributed by atoms with van der Waals surface area (Å²) in [5.41, 5.74) is 3.18. The summed E-state index contributed by atoms with van der Waals surface area (Å²) in [5.74, 6) is 6.06. The quantitative estimate of drug-likeness (QED) is 0.429. The molecule has 4 rings (SSSR count). The van der Waals surface area contributed by atoms with Gasteiger partial charge in [0, 0.05) is 0 Å². The summed E-state index contributed by atoms with van der Waals surface area (Å²) in [4.78, 5) is 0. The van der Waals surface area contributed by atoms with Crippen LogP contribution >= 0.6 is 0 Å². The molecule has 3 aliphatic carbocycles. The molecular weight excluding hydrogens is 352 g/mol. The van der Waals surface area contributed by atoms with Crippen LogP contribution in [0.5, 0.6) is 5.75 Å². The number of hydrogen-bond acceptors (Lipinski definition) is 1. The van der Waals surface area contributed by atoms with Crippen molar-refractivity contribution in [2.45, 2.75) is 90.9 Å². The van der Waals surface area contributed by atoms with E-state index in [2.05, 4.69) is 44.2 Å². The van der Waals surface area contributed by atoms with Crippen LogP contribution in [0.2, 0.25) is 0 Å². The minimum atomic E-state index is 0.836. The lowest BCUT2D eigenvalue weighted by atomic mass is 9.58. The minimum Gasteiger partial charge on any atom is -0.494 e. The average molecular weight is 395 g/mol. The second-order valence-corrected chi connectivity index (χ2v) is 10.1. The van der Waals surface area contributed by atoms with Crippen LogP contribution in [0.3, 0.4) is 0 Å². The predicted octanol–water partition coefficient (Wildman–Crippen LogP) is 7.77. The van der Waals surface area contributed by atoms with Crippen molar-refractivity contribution in [1.82, 2.24) is 0 Å². The number of fused-ring (bicyclic) bond motifs is 2. The molecule has 1 aromatic rings. The van der Waals surface area contributed by atoms with Crippen molar-refractivity contribution in [2.24, 2.45) is 29.6 Å². The van der Waals surface area contributed by atoms with Crippen molar-refractivity contribution in [3.8, 4) is 5.75 Å². The molecule has 1 aromatic carbocycles. The third-order valence-corrected chi connectivity index (χ3v) is 8.31. The van der Waals surface area contributed by atoms with Gasteiger partial charge in [0.25, 0.3) is 0 Å². The van der Waals surface area contributed by atoms with Gasteiger partial charge < -0.3 is 4.74 Å². The molecule has 0 aliphatic heterocycles. The van der Waals surface area contributed by atoms with Gasteiger partial charge in [-0.2, -0.15) is 0 Å². The van der Waals surface area contributed by atoms with Crippen molar-refractivity contribution in [3.63, 3.8) is 0 Å². The molecule has 0 spiro atoms. The zero-order valence-electron chi connectivity index (χ0n) is 18.9. The van der Waals surface area contributed by atoms with Crippen molar-refractivity contribution in [1.29, 1.82) is 0 Å². The van der Waals surface area contributed by atoms with Crippen LogP contribution in [0.1, 0.15) is 89.2 Å². The molecule has 29 heavy (non-hydrogen) atoms. The predicted molar refractivity (Wildman–Crippen MR) is 123 cm³/mol. The van der Waals surface area contributed by atoms with Crippen LogP contribution < -0.4 is 4.74 Å². The second kappa shape index (κ2) is 10.2. The Morgan fingerprint density at radius 3 is 2.76 bits per heavy atom. The summed E-state index contributed by atoms with van der Waals surface area (Å²) in [6, 6.07) is 6.93. The Kier molecular flexibility index (Phi) is 7.38. The molecule has 2 fully saturated rings. The Labute approximate surface area is 179 Å². The molecular formula is C28H42O. The third-order valence-electron chi connectivity index (χ3n) is 8.31. The maximum Gasteiger partial charge on any atom is 0.119 e. The molecule has 160 valence electrons. The van der Waals surface area contributed by atoms with Crippen LogP contribution in [-0.4, -0.2) is 6.61 Å². The summed E-state index contributed by atoms with van der Waals surface area (Å²) in [6.07, 6.45) is 21.4. The zero-order valence-corrected chi connectivity index (χ0v) is 18.9. The largest absolute Gasteiger partial charge is 0.494 e. The molecule has 0 N–H and O–H groups in total. The Hall–Kier alpha value is -1.24. The van der Waals surface area contributed by atoms with Crippen LogP contribution in [0, 0.1) is 29.6 Å². The standard InChI is InChI=1S/C28H42O/c1-3-5-6-8-21-11-16-28-24(18-21)9-7-10-27(28)25-13-12-23-20-26(29-17-4-2)15-14-22(23)19-25/h3,5,14-15,20-21,24-25,27-28H,4,6-13,16-19H2,1-2H3/b5-3+. The molecule has 5 atom stereocenters. The molecule has 0 aromatic heterocycles. The molecule has 0 amide bonds. The van der Waals surface area contributed by atoms with Crippen molar-refractivity contribution in [2.75, 3.05) is 6.61 Å². The van der Waals surface area contributed by atoms with E-state index in [4.69, 9.17) is 4.74 Å². The summed E-state index contributed by atoms with van der Waals surface area (Å²) in [7, 11) is 0. The Bertz CT molecular complexity index is 675. The summed E-state index contributed by atoms with van der Waals surface area (Å²) in [5, 5.41) is 0. The highest BCUT2D eigenvalue weighted by Crippen LogP contribution is 2.51. The van der Waals surface area contributed by atoms with Crippen LogP contribution in [0.4, 0.5) is 0 Å². The topological polar surface area (TPSA) is 9.23 Å². The van der Waals surface area contributed by atoms with E-state index in [0.717, 1.165) is 48.4 Å². The first-order chi connectivity index (χ1) is 14.3. The van der Waals surface area contributed by atoms with E-state index in [1.54, 1.807) is 11.1 Å². The van der Waals surface area contributed by atoms with Gasteiger partial charge in [-0.1, -0.05) is 44.4 Å². The van der Waals surface area contributed by atoms with Gasteiger partial charge in [0.2, 0.25) is 0 Å². The molecule has 3 aliphatic rings. The number of ether oxygens (including phenoxy) is 1. The SMILES string of the molecule is C/C=C/CCC1CCC2C(CCCC2C2CCc3cc(OCCC)ccc3C2)C1. The van der Waals surface area contributed by atoms with Crippen LogP contribution in [0.25, 0.3) is 0 Å². The third kappa shape index (κ3) is 5.09. The fourth-order valence-corrected chi connectivity index (χ4v) is 6.89. The van der Waals surface area contributed by atoms with E-state index in [1.165, 1.54) is 70.6 Å². The van der Waals surface area contributed by atoms with E-state index in [-0.39, 0.29) is 0 Å². The lowest BCUT2D eigenvalue weighted by molar-refractivity contribution is 0.0372. The molecule has 0 bridgehead atoms. The fourth-order valence-electron chi connectivity index (χ4n) is 6.89.